The zero-order valence-electron chi connectivity index (χ0n) is 13.9. The summed E-state index contributed by atoms with van der Waals surface area (Å²) in [5.74, 6) is 3.09. The van der Waals surface area contributed by atoms with Gasteiger partial charge in [0.2, 0.25) is 0 Å². The second-order valence-corrected chi connectivity index (χ2v) is 9.51. The molecule has 0 aromatic heterocycles. The molecule has 21 heavy (non-hydrogen) atoms. The summed E-state index contributed by atoms with van der Waals surface area (Å²) in [5.41, 5.74) is 0.146. The quantitative estimate of drug-likeness (QED) is 0.714. The first-order chi connectivity index (χ1) is 9.78. The lowest BCUT2D eigenvalue weighted by Crippen LogP contribution is -2.49. The molecule has 2 N–H and O–H groups in total. The van der Waals surface area contributed by atoms with Gasteiger partial charge in [-0.2, -0.15) is 0 Å². The first-order valence-electron chi connectivity index (χ1n) is 9.18. The van der Waals surface area contributed by atoms with Crippen molar-refractivity contribution in [2.24, 2.45) is 34.5 Å². The molecule has 0 radical (unpaired) electrons. The SMILES string of the molecule is C[C@]12CC[C@H](O)C[C@@H]1C[C@@H]1[C@@H]2CC[C@@]2(C)[C@H]1CC[C@]2(C)O. The second kappa shape index (κ2) is 4.26. The number of rotatable bonds is 0. The third-order valence-corrected chi connectivity index (χ3v) is 8.91. The average molecular weight is 292 g/mol. The van der Waals surface area contributed by atoms with E-state index in [1.54, 1.807) is 0 Å². The fourth-order valence-corrected chi connectivity index (χ4v) is 7.26. The molecule has 120 valence electrons. The molecule has 0 amide bonds. The van der Waals surface area contributed by atoms with Gasteiger partial charge in [0.1, 0.15) is 0 Å². The lowest BCUT2D eigenvalue weighted by atomic mass is 9.54. The zero-order valence-corrected chi connectivity index (χ0v) is 13.9. The Labute approximate surface area is 129 Å². The van der Waals surface area contributed by atoms with Crippen LogP contribution in [0.25, 0.3) is 0 Å². The highest BCUT2D eigenvalue weighted by atomic mass is 16.3. The van der Waals surface area contributed by atoms with Crippen molar-refractivity contribution in [2.75, 3.05) is 0 Å². The summed E-state index contributed by atoms with van der Waals surface area (Å²) in [6.07, 6.45) is 9.24. The Bertz CT molecular complexity index is 445. The maximum absolute atomic E-state index is 10.9. The van der Waals surface area contributed by atoms with E-state index in [0.717, 1.165) is 37.0 Å². The van der Waals surface area contributed by atoms with Crippen LogP contribution in [0.1, 0.15) is 72.1 Å². The summed E-state index contributed by atoms with van der Waals surface area (Å²) in [5, 5.41) is 21.0. The maximum Gasteiger partial charge on any atom is 0.0675 e. The molecule has 4 rings (SSSR count). The van der Waals surface area contributed by atoms with Crippen molar-refractivity contribution in [3.05, 3.63) is 0 Å². The standard InChI is InChI=1S/C19H32O2/c1-17-7-4-13(20)10-12(17)11-14-15(17)5-8-18(2)16(14)6-9-19(18,3)21/h12-16,20-21H,4-11H2,1-3H3/t12-,13+,14-,15+,16+,17+,18+,19+/m1/s1. The van der Waals surface area contributed by atoms with Gasteiger partial charge >= 0.3 is 0 Å². The number of fused-ring (bicyclic) bond motifs is 5. The van der Waals surface area contributed by atoms with Crippen LogP contribution in [0.15, 0.2) is 0 Å². The highest BCUT2D eigenvalue weighted by Gasteiger charge is 2.65. The van der Waals surface area contributed by atoms with E-state index in [1.165, 1.54) is 32.1 Å². The van der Waals surface area contributed by atoms with Crippen LogP contribution in [0.4, 0.5) is 0 Å². The van der Waals surface area contributed by atoms with Gasteiger partial charge in [0.25, 0.3) is 0 Å². The Morgan fingerprint density at radius 3 is 2.33 bits per heavy atom. The van der Waals surface area contributed by atoms with E-state index < -0.39 is 5.60 Å². The van der Waals surface area contributed by atoms with Crippen molar-refractivity contribution in [3.8, 4) is 0 Å². The smallest absolute Gasteiger partial charge is 0.0675 e. The van der Waals surface area contributed by atoms with Crippen LogP contribution in [0.3, 0.4) is 0 Å². The van der Waals surface area contributed by atoms with Gasteiger partial charge in [0, 0.05) is 0 Å². The Kier molecular flexibility index (Phi) is 2.94. The maximum atomic E-state index is 10.9. The predicted molar refractivity (Wildman–Crippen MR) is 83.7 cm³/mol. The van der Waals surface area contributed by atoms with Crippen molar-refractivity contribution in [3.63, 3.8) is 0 Å². The molecule has 8 atom stereocenters. The van der Waals surface area contributed by atoms with Crippen LogP contribution in [0, 0.1) is 34.5 Å². The van der Waals surface area contributed by atoms with Crippen molar-refractivity contribution in [2.45, 2.75) is 83.8 Å². The number of aliphatic hydroxyl groups is 2. The Hall–Kier alpha value is -0.0800. The number of hydrogen-bond acceptors (Lipinski definition) is 2. The molecule has 0 spiro atoms. The van der Waals surface area contributed by atoms with E-state index in [-0.39, 0.29) is 11.5 Å². The van der Waals surface area contributed by atoms with E-state index in [4.69, 9.17) is 0 Å². The molecule has 0 heterocycles. The third kappa shape index (κ3) is 1.72. The van der Waals surface area contributed by atoms with E-state index in [0.29, 0.717) is 11.3 Å². The largest absolute Gasteiger partial charge is 0.393 e. The fraction of sp³-hybridized carbons (Fsp3) is 1.00. The molecule has 0 aromatic carbocycles. The molecule has 4 aliphatic carbocycles. The molecular formula is C19H32O2. The van der Waals surface area contributed by atoms with Crippen molar-refractivity contribution in [1.82, 2.24) is 0 Å². The van der Waals surface area contributed by atoms with Crippen LogP contribution in [-0.4, -0.2) is 21.9 Å². The topological polar surface area (TPSA) is 40.5 Å². The molecule has 4 aliphatic rings. The van der Waals surface area contributed by atoms with Crippen molar-refractivity contribution < 1.29 is 10.2 Å². The molecule has 4 saturated carbocycles. The lowest BCUT2D eigenvalue weighted by Gasteiger charge is -2.52. The van der Waals surface area contributed by atoms with E-state index in [9.17, 15) is 10.2 Å². The average Bonchev–Trinajstić information content (AvgIpc) is 2.82. The van der Waals surface area contributed by atoms with Crippen LogP contribution in [0.5, 0.6) is 0 Å². The lowest BCUT2D eigenvalue weighted by molar-refractivity contribution is -0.102. The summed E-state index contributed by atoms with van der Waals surface area (Å²) in [6, 6.07) is 0. The Balaban J connectivity index is 1.66. The van der Waals surface area contributed by atoms with Crippen LogP contribution >= 0.6 is 0 Å². The van der Waals surface area contributed by atoms with Crippen LogP contribution in [0.2, 0.25) is 0 Å². The third-order valence-electron chi connectivity index (χ3n) is 8.91. The fourth-order valence-electron chi connectivity index (χ4n) is 7.26. The van der Waals surface area contributed by atoms with Gasteiger partial charge in [-0.3, -0.25) is 0 Å². The minimum absolute atomic E-state index is 0.0544. The number of hydrogen-bond donors (Lipinski definition) is 2. The van der Waals surface area contributed by atoms with Gasteiger partial charge in [-0.15, -0.1) is 0 Å². The van der Waals surface area contributed by atoms with E-state index >= 15 is 0 Å². The second-order valence-electron chi connectivity index (χ2n) is 9.51. The summed E-state index contributed by atoms with van der Waals surface area (Å²) >= 11 is 0. The van der Waals surface area contributed by atoms with Crippen molar-refractivity contribution >= 4 is 0 Å². The first kappa shape index (κ1) is 14.5. The van der Waals surface area contributed by atoms with Crippen LogP contribution < -0.4 is 0 Å². The summed E-state index contributed by atoms with van der Waals surface area (Å²) < 4.78 is 0. The normalized spacial score (nSPS) is 63.0. The van der Waals surface area contributed by atoms with E-state index in [1.807, 2.05) is 0 Å². The Morgan fingerprint density at radius 1 is 0.857 bits per heavy atom. The molecule has 0 bridgehead atoms. The first-order valence-corrected chi connectivity index (χ1v) is 9.18. The van der Waals surface area contributed by atoms with Gasteiger partial charge in [0.05, 0.1) is 11.7 Å². The molecule has 4 fully saturated rings. The van der Waals surface area contributed by atoms with Gasteiger partial charge in [-0.25, -0.2) is 0 Å². The monoisotopic (exact) mass is 292 g/mol. The molecule has 2 heteroatoms. The highest BCUT2D eigenvalue weighted by molar-refractivity contribution is 5.14. The van der Waals surface area contributed by atoms with E-state index in [2.05, 4.69) is 20.8 Å². The summed E-state index contributed by atoms with van der Waals surface area (Å²) in [6.45, 7) is 6.96. The predicted octanol–water partition coefficient (Wildman–Crippen LogP) is 3.75. The van der Waals surface area contributed by atoms with Gasteiger partial charge in [-0.1, -0.05) is 13.8 Å². The van der Waals surface area contributed by atoms with Gasteiger partial charge in [-0.05, 0) is 92.8 Å². The number of aliphatic hydroxyl groups excluding tert-OH is 1. The molecule has 2 nitrogen and oxygen atoms in total. The van der Waals surface area contributed by atoms with Crippen molar-refractivity contribution in [1.29, 1.82) is 0 Å². The zero-order chi connectivity index (χ0) is 15.0. The van der Waals surface area contributed by atoms with Gasteiger partial charge < -0.3 is 10.2 Å². The highest BCUT2D eigenvalue weighted by Crippen LogP contribution is 2.70. The molecule has 0 aliphatic heterocycles. The van der Waals surface area contributed by atoms with Gasteiger partial charge in [0.15, 0.2) is 0 Å². The molecule has 0 saturated heterocycles. The van der Waals surface area contributed by atoms with Crippen LogP contribution in [-0.2, 0) is 0 Å². The molecule has 0 aromatic rings. The molecule has 0 unspecified atom stereocenters. The minimum Gasteiger partial charge on any atom is -0.393 e. The summed E-state index contributed by atoms with van der Waals surface area (Å²) in [4.78, 5) is 0. The Morgan fingerprint density at radius 2 is 1.57 bits per heavy atom. The summed E-state index contributed by atoms with van der Waals surface area (Å²) in [7, 11) is 0. The molecular weight excluding hydrogens is 260 g/mol. The minimum atomic E-state index is -0.461.